The van der Waals surface area contributed by atoms with Gasteiger partial charge in [0.05, 0.1) is 11.3 Å². The molecule has 134 valence electrons. The van der Waals surface area contributed by atoms with Gasteiger partial charge in [-0.25, -0.2) is 4.98 Å². The molecule has 26 heavy (non-hydrogen) atoms. The van der Waals surface area contributed by atoms with E-state index in [-0.39, 0.29) is 11.3 Å². The molecule has 1 aliphatic rings. The summed E-state index contributed by atoms with van der Waals surface area (Å²) in [5, 5.41) is 2.47. The largest absolute Gasteiger partial charge is 0.366 e. The Hall–Kier alpha value is -3.42. The first kappa shape index (κ1) is 17.4. The molecule has 8 nitrogen and oxygen atoms in total. The molecular formula is C18H19N5O3. The maximum Gasteiger partial charge on any atom is 0.313 e. The number of hydrogen-bond donors (Lipinski definition) is 2. The summed E-state index contributed by atoms with van der Waals surface area (Å²) in [5.41, 5.74) is 5.67. The van der Waals surface area contributed by atoms with Crippen LogP contribution in [0.1, 0.15) is 10.4 Å². The second-order valence-electron chi connectivity index (χ2n) is 5.83. The number of rotatable bonds is 3. The molecule has 1 aromatic heterocycles. The Kier molecular flexibility index (Phi) is 5.12. The summed E-state index contributed by atoms with van der Waals surface area (Å²) < 4.78 is 0. The number of piperazine rings is 1. The van der Waals surface area contributed by atoms with E-state index in [9.17, 15) is 14.4 Å². The van der Waals surface area contributed by atoms with Crippen molar-refractivity contribution in [3.8, 4) is 0 Å². The highest BCUT2D eigenvalue weighted by Crippen LogP contribution is 2.15. The lowest BCUT2D eigenvalue weighted by molar-refractivity contribution is -0.143. The van der Waals surface area contributed by atoms with Crippen molar-refractivity contribution in [2.45, 2.75) is 0 Å². The van der Waals surface area contributed by atoms with Gasteiger partial charge in [-0.15, -0.1) is 0 Å². The number of aromatic nitrogens is 1. The van der Waals surface area contributed by atoms with Crippen LogP contribution in [0.5, 0.6) is 0 Å². The average molecular weight is 353 g/mol. The number of amides is 3. The number of nitrogens with one attached hydrogen (secondary N) is 1. The number of nitrogens with two attached hydrogens (primary N) is 1. The van der Waals surface area contributed by atoms with Gasteiger partial charge in [-0.2, -0.15) is 0 Å². The molecule has 2 heterocycles. The van der Waals surface area contributed by atoms with Crippen LogP contribution in [0.3, 0.4) is 0 Å². The zero-order valence-electron chi connectivity index (χ0n) is 14.1. The lowest BCUT2D eigenvalue weighted by Crippen LogP contribution is -2.51. The Bertz CT molecular complexity index is 817. The van der Waals surface area contributed by atoms with Crippen LogP contribution in [-0.2, 0) is 9.59 Å². The van der Waals surface area contributed by atoms with Crippen molar-refractivity contribution in [2.24, 2.45) is 5.73 Å². The molecule has 1 aliphatic heterocycles. The number of pyridine rings is 1. The number of primary amides is 1. The molecule has 0 radical (unpaired) electrons. The molecule has 1 saturated heterocycles. The summed E-state index contributed by atoms with van der Waals surface area (Å²) in [6, 6.07) is 12.0. The molecule has 0 saturated carbocycles. The Morgan fingerprint density at radius 3 is 2.31 bits per heavy atom. The number of hydrogen-bond acceptors (Lipinski definition) is 5. The first-order valence-electron chi connectivity index (χ1n) is 8.21. The Morgan fingerprint density at radius 2 is 1.65 bits per heavy atom. The van der Waals surface area contributed by atoms with Crippen molar-refractivity contribution in [1.82, 2.24) is 9.88 Å². The van der Waals surface area contributed by atoms with Gasteiger partial charge in [-0.3, -0.25) is 14.4 Å². The van der Waals surface area contributed by atoms with Crippen LogP contribution in [0, 0.1) is 0 Å². The quantitative estimate of drug-likeness (QED) is 0.780. The maximum absolute atomic E-state index is 12.4. The fourth-order valence-electron chi connectivity index (χ4n) is 2.81. The Balaban J connectivity index is 1.60. The van der Waals surface area contributed by atoms with Crippen LogP contribution < -0.4 is 16.0 Å². The average Bonchev–Trinajstić information content (AvgIpc) is 2.68. The zero-order chi connectivity index (χ0) is 18.5. The Morgan fingerprint density at radius 1 is 0.962 bits per heavy atom. The third kappa shape index (κ3) is 3.80. The van der Waals surface area contributed by atoms with Crippen molar-refractivity contribution in [2.75, 3.05) is 36.4 Å². The molecule has 0 unspecified atom stereocenters. The molecular weight excluding hydrogens is 334 g/mol. The number of carbonyl (C=O) groups is 3. The Labute approximate surface area is 150 Å². The minimum Gasteiger partial charge on any atom is -0.366 e. The van der Waals surface area contributed by atoms with E-state index in [2.05, 4.69) is 15.2 Å². The standard InChI is InChI=1S/C18H19N5O3/c19-16(24)13-5-1-2-6-14(13)21-17(25)18(26)23-11-9-22(10-12-23)15-7-3-4-8-20-15/h1-8H,9-12H2,(H2,19,24)(H,21,25). The van der Waals surface area contributed by atoms with E-state index in [0.29, 0.717) is 26.2 Å². The van der Waals surface area contributed by atoms with Crippen LogP contribution >= 0.6 is 0 Å². The van der Waals surface area contributed by atoms with E-state index >= 15 is 0 Å². The highest BCUT2D eigenvalue weighted by Gasteiger charge is 2.27. The van der Waals surface area contributed by atoms with Gasteiger partial charge in [0.25, 0.3) is 5.91 Å². The first-order chi connectivity index (χ1) is 12.6. The number of carbonyl (C=O) groups excluding carboxylic acids is 3. The van der Waals surface area contributed by atoms with Gasteiger partial charge in [-0.1, -0.05) is 18.2 Å². The minimum absolute atomic E-state index is 0.161. The lowest BCUT2D eigenvalue weighted by Gasteiger charge is -2.35. The van der Waals surface area contributed by atoms with Crippen LogP contribution in [0.4, 0.5) is 11.5 Å². The first-order valence-corrected chi connectivity index (χ1v) is 8.21. The van der Waals surface area contributed by atoms with Crippen LogP contribution in [0.2, 0.25) is 0 Å². The summed E-state index contributed by atoms with van der Waals surface area (Å²) in [6.07, 6.45) is 1.72. The summed E-state index contributed by atoms with van der Waals surface area (Å²) in [4.78, 5) is 43.9. The third-order valence-electron chi connectivity index (χ3n) is 4.18. The summed E-state index contributed by atoms with van der Waals surface area (Å²) in [7, 11) is 0. The topological polar surface area (TPSA) is 109 Å². The van der Waals surface area contributed by atoms with Crippen molar-refractivity contribution < 1.29 is 14.4 Å². The highest BCUT2D eigenvalue weighted by atomic mass is 16.2. The number of benzene rings is 1. The summed E-state index contributed by atoms with van der Waals surface area (Å²) >= 11 is 0. The van der Waals surface area contributed by atoms with Crippen molar-refractivity contribution in [3.05, 3.63) is 54.2 Å². The smallest absolute Gasteiger partial charge is 0.313 e. The molecule has 0 bridgehead atoms. The SMILES string of the molecule is NC(=O)c1ccccc1NC(=O)C(=O)N1CCN(c2ccccn2)CC1. The van der Waals surface area contributed by atoms with E-state index in [1.54, 1.807) is 18.3 Å². The molecule has 0 spiro atoms. The molecule has 1 aromatic carbocycles. The van der Waals surface area contributed by atoms with Crippen molar-refractivity contribution in [1.29, 1.82) is 0 Å². The molecule has 3 rings (SSSR count). The number of nitrogens with zero attached hydrogens (tertiary/aromatic N) is 3. The van der Waals surface area contributed by atoms with Crippen LogP contribution in [0.15, 0.2) is 48.7 Å². The van der Waals surface area contributed by atoms with Gasteiger partial charge in [0.1, 0.15) is 5.82 Å². The monoisotopic (exact) mass is 353 g/mol. The van der Waals surface area contributed by atoms with Gasteiger partial charge in [0, 0.05) is 32.4 Å². The summed E-state index contributed by atoms with van der Waals surface area (Å²) in [6.45, 7) is 2.02. The van der Waals surface area contributed by atoms with Gasteiger partial charge in [0.15, 0.2) is 0 Å². The van der Waals surface area contributed by atoms with E-state index < -0.39 is 17.7 Å². The predicted molar refractivity (Wildman–Crippen MR) is 96.6 cm³/mol. The van der Waals surface area contributed by atoms with Gasteiger partial charge >= 0.3 is 11.8 Å². The van der Waals surface area contributed by atoms with E-state index in [4.69, 9.17) is 5.73 Å². The molecule has 8 heteroatoms. The highest BCUT2D eigenvalue weighted by molar-refractivity contribution is 6.39. The fraction of sp³-hybridized carbons (Fsp3) is 0.222. The van der Waals surface area contributed by atoms with Crippen molar-refractivity contribution >= 4 is 29.2 Å². The third-order valence-corrected chi connectivity index (χ3v) is 4.18. The normalized spacial score (nSPS) is 14.0. The maximum atomic E-state index is 12.4. The number of para-hydroxylation sites is 1. The van der Waals surface area contributed by atoms with E-state index in [0.717, 1.165) is 5.82 Å². The minimum atomic E-state index is -0.787. The zero-order valence-corrected chi connectivity index (χ0v) is 14.1. The molecule has 3 amide bonds. The summed E-state index contributed by atoms with van der Waals surface area (Å²) in [5.74, 6) is -1.24. The molecule has 3 N–H and O–H groups in total. The van der Waals surface area contributed by atoms with Gasteiger partial charge in [0.2, 0.25) is 0 Å². The second kappa shape index (κ2) is 7.64. The van der Waals surface area contributed by atoms with Crippen LogP contribution in [0.25, 0.3) is 0 Å². The van der Waals surface area contributed by atoms with Gasteiger partial charge < -0.3 is 20.9 Å². The van der Waals surface area contributed by atoms with E-state index in [1.807, 2.05) is 18.2 Å². The molecule has 1 fully saturated rings. The fourth-order valence-corrected chi connectivity index (χ4v) is 2.81. The molecule has 0 aliphatic carbocycles. The van der Waals surface area contributed by atoms with Crippen LogP contribution in [-0.4, -0.2) is 53.8 Å². The lowest BCUT2D eigenvalue weighted by atomic mass is 10.1. The van der Waals surface area contributed by atoms with Gasteiger partial charge in [-0.05, 0) is 24.3 Å². The van der Waals surface area contributed by atoms with Crippen molar-refractivity contribution in [3.63, 3.8) is 0 Å². The predicted octanol–water partition coefficient (Wildman–Crippen LogP) is 0.468. The number of anilines is 2. The molecule has 2 aromatic rings. The second-order valence-corrected chi connectivity index (χ2v) is 5.83. The van der Waals surface area contributed by atoms with E-state index in [1.165, 1.54) is 17.0 Å². The molecule has 0 atom stereocenters.